The molecule has 7 heterocycles. The van der Waals surface area contributed by atoms with E-state index in [4.69, 9.17) is 25.2 Å². The van der Waals surface area contributed by atoms with Gasteiger partial charge in [0.05, 0.1) is 11.1 Å². The molecule has 2 aromatic heterocycles. The van der Waals surface area contributed by atoms with Crippen molar-refractivity contribution in [2.45, 2.75) is 101 Å². The standard InChI is InChI=1S/C34H45FN8O3S/c1-32(2,3)46-31(44)41-12-9-34(20-41)10-13-43(34)26-15-25(38-30(39-26)45-29-21-6-5-11-40(29)17-22(35)14-21)42-18-33(19-42)8-4-7-24-27(33)23(16-36)28(37)47-24/h15,21-22,29H,4-14,17-20,37H2,1-3H3/t21-,22-,29?,34?/m1/s1. The normalized spacial score (nSPS) is 30.8. The molecule has 1 amide bonds. The van der Waals surface area contributed by atoms with Crippen molar-refractivity contribution in [1.29, 1.82) is 5.26 Å². The van der Waals surface area contributed by atoms with E-state index in [9.17, 15) is 14.4 Å². The van der Waals surface area contributed by atoms with E-state index in [-0.39, 0.29) is 29.2 Å². The zero-order chi connectivity index (χ0) is 32.7. The topological polar surface area (TPSA) is 124 Å². The van der Waals surface area contributed by atoms with Gasteiger partial charge >= 0.3 is 12.1 Å². The van der Waals surface area contributed by atoms with Crippen LogP contribution in [0.3, 0.4) is 0 Å². The second-order valence-electron chi connectivity index (χ2n) is 15.6. The van der Waals surface area contributed by atoms with Crippen molar-refractivity contribution in [2.24, 2.45) is 5.92 Å². The quantitative estimate of drug-likeness (QED) is 0.486. The van der Waals surface area contributed by atoms with Crippen molar-refractivity contribution < 1.29 is 18.7 Å². The first kappa shape index (κ1) is 30.9. The molecule has 2 N–H and O–H groups in total. The highest BCUT2D eigenvalue weighted by Crippen LogP contribution is 2.51. The molecule has 0 aromatic carbocycles. The lowest BCUT2D eigenvalue weighted by Gasteiger charge is -2.54. The summed E-state index contributed by atoms with van der Waals surface area (Å²) in [4.78, 5) is 32.7. The highest BCUT2D eigenvalue weighted by atomic mass is 32.1. The minimum atomic E-state index is -0.832. The minimum Gasteiger partial charge on any atom is -0.444 e. The van der Waals surface area contributed by atoms with Crippen LogP contribution in [0.1, 0.15) is 81.7 Å². The number of likely N-dealkylation sites (tertiary alicyclic amines) is 1. The van der Waals surface area contributed by atoms with Gasteiger partial charge in [0.2, 0.25) is 0 Å². The fourth-order valence-corrected chi connectivity index (χ4v) is 10.3. The fraction of sp³-hybridized carbons (Fsp3) is 0.706. The lowest BCUT2D eigenvalue weighted by atomic mass is 9.66. The van der Waals surface area contributed by atoms with Crippen LogP contribution in [0.5, 0.6) is 6.01 Å². The Kier molecular flexibility index (Phi) is 7.30. The number of nitriles is 1. The molecule has 3 unspecified atom stereocenters. The molecule has 47 heavy (non-hydrogen) atoms. The number of thiophene rings is 1. The molecule has 2 aromatic rings. The first-order valence-corrected chi connectivity index (χ1v) is 18.0. The maximum Gasteiger partial charge on any atom is 0.410 e. The van der Waals surface area contributed by atoms with Gasteiger partial charge in [0, 0.05) is 68.1 Å². The lowest BCUT2D eigenvalue weighted by molar-refractivity contribution is -0.0990. The Morgan fingerprint density at radius 1 is 1.13 bits per heavy atom. The highest BCUT2D eigenvalue weighted by Gasteiger charge is 2.53. The third kappa shape index (κ3) is 5.26. The van der Waals surface area contributed by atoms with E-state index in [1.807, 2.05) is 25.7 Å². The number of piperidine rings is 2. The molecule has 5 fully saturated rings. The van der Waals surface area contributed by atoms with Gasteiger partial charge in [-0.25, -0.2) is 9.18 Å². The summed E-state index contributed by atoms with van der Waals surface area (Å²) in [6.45, 7) is 10.4. The van der Waals surface area contributed by atoms with Crippen LogP contribution < -0.4 is 20.3 Å². The number of fused-ring (bicyclic) bond motifs is 4. The van der Waals surface area contributed by atoms with E-state index in [0.717, 1.165) is 88.3 Å². The third-order valence-electron chi connectivity index (χ3n) is 11.3. The average molecular weight is 665 g/mol. The van der Waals surface area contributed by atoms with Gasteiger partial charge in [-0.3, -0.25) is 4.90 Å². The van der Waals surface area contributed by atoms with E-state index >= 15 is 0 Å². The van der Waals surface area contributed by atoms with Gasteiger partial charge in [0.1, 0.15) is 34.5 Å². The van der Waals surface area contributed by atoms with Gasteiger partial charge in [-0.1, -0.05) is 0 Å². The van der Waals surface area contributed by atoms with Crippen LogP contribution in [-0.2, 0) is 16.6 Å². The molecular formula is C34H45FN8O3S. The van der Waals surface area contributed by atoms with Gasteiger partial charge in [0.25, 0.3) is 0 Å². The Balaban J connectivity index is 1.09. The number of aryl methyl sites for hydroxylation is 1. The van der Waals surface area contributed by atoms with Gasteiger partial charge < -0.3 is 29.9 Å². The summed E-state index contributed by atoms with van der Waals surface area (Å²) in [5.74, 6) is 1.70. The Morgan fingerprint density at radius 2 is 1.91 bits per heavy atom. The predicted molar refractivity (Wildman–Crippen MR) is 178 cm³/mol. The summed E-state index contributed by atoms with van der Waals surface area (Å²) in [5, 5.41) is 10.6. The smallest absolute Gasteiger partial charge is 0.410 e. The van der Waals surface area contributed by atoms with Crippen molar-refractivity contribution in [3.63, 3.8) is 0 Å². The molecule has 0 radical (unpaired) electrons. The average Bonchev–Trinajstić information content (AvgIpc) is 3.58. The van der Waals surface area contributed by atoms with Gasteiger partial charge in [-0.15, -0.1) is 11.3 Å². The van der Waals surface area contributed by atoms with Crippen molar-refractivity contribution in [3.05, 3.63) is 22.1 Å². The molecule has 2 spiro atoms. The molecule has 2 bridgehead atoms. The Morgan fingerprint density at radius 3 is 2.64 bits per heavy atom. The lowest BCUT2D eigenvalue weighted by Crippen LogP contribution is -2.63. The number of ether oxygens (including phenoxy) is 2. The second kappa shape index (κ2) is 11.1. The van der Waals surface area contributed by atoms with Crippen molar-refractivity contribution in [3.8, 4) is 12.1 Å². The van der Waals surface area contributed by atoms with E-state index < -0.39 is 11.8 Å². The number of nitrogens with two attached hydrogens (primary N) is 1. The van der Waals surface area contributed by atoms with Gasteiger partial charge in [-0.2, -0.15) is 15.2 Å². The molecule has 252 valence electrons. The maximum atomic E-state index is 14.5. The van der Waals surface area contributed by atoms with Crippen LogP contribution in [0.15, 0.2) is 6.07 Å². The van der Waals surface area contributed by atoms with Crippen molar-refractivity contribution in [2.75, 3.05) is 61.3 Å². The molecule has 0 saturated carbocycles. The molecule has 11 nitrogen and oxygen atoms in total. The van der Waals surface area contributed by atoms with Crippen molar-refractivity contribution >= 4 is 34.1 Å². The number of halogens is 1. The van der Waals surface area contributed by atoms with Crippen LogP contribution in [0, 0.1) is 17.2 Å². The number of anilines is 3. The molecule has 8 rings (SSSR count). The Bertz CT molecular complexity index is 1600. The number of nitrogens with zero attached hydrogens (tertiary/aromatic N) is 7. The first-order chi connectivity index (χ1) is 22.5. The van der Waals surface area contributed by atoms with Gasteiger partial charge in [-0.05, 0) is 77.7 Å². The highest BCUT2D eigenvalue weighted by molar-refractivity contribution is 7.16. The van der Waals surface area contributed by atoms with Crippen molar-refractivity contribution in [1.82, 2.24) is 19.8 Å². The van der Waals surface area contributed by atoms with Crippen LogP contribution >= 0.6 is 11.3 Å². The van der Waals surface area contributed by atoms with Crippen LogP contribution in [-0.4, -0.2) is 95.2 Å². The molecular weight excluding hydrogens is 619 g/mol. The number of rotatable bonds is 4. The van der Waals surface area contributed by atoms with E-state index in [1.54, 1.807) is 11.3 Å². The second-order valence-corrected chi connectivity index (χ2v) is 16.8. The van der Waals surface area contributed by atoms with Crippen LogP contribution in [0.2, 0.25) is 0 Å². The SMILES string of the molecule is CC(C)(C)OC(=O)N1CCC2(CCN2c2cc(N3CC4(CCCc5sc(N)c(C#N)c54)C3)nc(OC3[C@@H]4CCCN3C[C@H](F)C4)n2)C1. The third-order valence-corrected chi connectivity index (χ3v) is 12.4. The minimum absolute atomic E-state index is 0.108. The Labute approximate surface area is 279 Å². The fourth-order valence-electron chi connectivity index (χ4n) is 9.13. The summed E-state index contributed by atoms with van der Waals surface area (Å²) in [5.41, 5.74) is 7.23. The molecule has 6 aliphatic rings. The maximum absolute atomic E-state index is 14.5. The number of hydrogen-bond donors (Lipinski definition) is 1. The summed E-state index contributed by atoms with van der Waals surface area (Å²) in [6.07, 6.45) is 6.00. The summed E-state index contributed by atoms with van der Waals surface area (Å²) >= 11 is 1.57. The van der Waals surface area contributed by atoms with E-state index in [2.05, 4.69) is 26.8 Å². The Hall–Kier alpha value is -3.37. The number of alkyl halides is 1. The largest absolute Gasteiger partial charge is 0.444 e. The summed E-state index contributed by atoms with van der Waals surface area (Å²) in [6, 6.07) is 4.78. The number of nitrogen functional groups attached to an aromatic ring is 1. The summed E-state index contributed by atoms with van der Waals surface area (Å²) in [7, 11) is 0. The molecule has 5 atom stereocenters. The number of amides is 1. The first-order valence-electron chi connectivity index (χ1n) is 17.2. The molecule has 5 aliphatic heterocycles. The van der Waals surface area contributed by atoms with Crippen LogP contribution in [0.25, 0.3) is 0 Å². The molecule has 1 aliphatic carbocycles. The van der Waals surface area contributed by atoms with E-state index in [0.29, 0.717) is 42.6 Å². The zero-order valence-corrected chi connectivity index (χ0v) is 28.5. The monoisotopic (exact) mass is 664 g/mol. The predicted octanol–water partition coefficient (Wildman–Crippen LogP) is 4.83. The van der Waals surface area contributed by atoms with Gasteiger partial charge in [0.15, 0.2) is 6.23 Å². The number of carbonyl (C=O) groups excluding carboxylic acids is 1. The molecule has 5 saturated heterocycles. The number of aromatic nitrogens is 2. The number of carbonyl (C=O) groups is 1. The summed E-state index contributed by atoms with van der Waals surface area (Å²) < 4.78 is 26.9. The number of hydrogen-bond acceptors (Lipinski definition) is 11. The molecule has 13 heteroatoms. The zero-order valence-electron chi connectivity index (χ0n) is 27.6. The van der Waals surface area contributed by atoms with Crippen LogP contribution in [0.4, 0.5) is 25.8 Å². The van der Waals surface area contributed by atoms with E-state index in [1.165, 1.54) is 4.88 Å².